The van der Waals surface area contributed by atoms with E-state index in [0.717, 1.165) is 37.7 Å². The molecule has 1 aromatic rings. The fraction of sp³-hybridized carbons (Fsp3) is 0.692. The molecule has 2 rings (SSSR count). The first-order valence-electron chi connectivity index (χ1n) is 12.8. The van der Waals surface area contributed by atoms with E-state index in [1.807, 2.05) is 30.3 Å². The number of nitrogens with zero attached hydrogens (tertiary/aromatic N) is 1. The van der Waals surface area contributed by atoms with Gasteiger partial charge in [-0.05, 0) is 37.7 Å². The van der Waals surface area contributed by atoms with Crippen LogP contribution in [0.1, 0.15) is 58.4 Å². The van der Waals surface area contributed by atoms with Gasteiger partial charge in [-0.1, -0.05) is 57.0 Å². The van der Waals surface area contributed by atoms with Gasteiger partial charge in [-0.25, -0.2) is 4.79 Å². The maximum absolute atomic E-state index is 12.5. The second kappa shape index (κ2) is 15.7. The van der Waals surface area contributed by atoms with Crippen LogP contribution in [0, 0.1) is 5.92 Å². The predicted octanol–water partition coefficient (Wildman–Crippen LogP) is 3.05. The fourth-order valence-electron chi connectivity index (χ4n) is 4.10. The van der Waals surface area contributed by atoms with E-state index in [2.05, 4.69) is 31.4 Å². The van der Waals surface area contributed by atoms with Gasteiger partial charge in [0.05, 0.1) is 25.3 Å². The topological polar surface area (TPSA) is 106 Å². The van der Waals surface area contributed by atoms with E-state index >= 15 is 0 Å². The molecule has 1 heterocycles. The number of hydrogen-bond acceptors (Lipinski definition) is 6. The average molecular weight is 477 g/mol. The number of amides is 2. The number of hydrogen-bond donors (Lipinski definition) is 3. The van der Waals surface area contributed by atoms with Crippen molar-refractivity contribution in [3.8, 4) is 0 Å². The molecule has 0 aromatic heterocycles. The number of carbonyl (C=O) groups is 2. The summed E-state index contributed by atoms with van der Waals surface area (Å²) in [5.74, 6) is 0.0993. The maximum Gasteiger partial charge on any atom is 0.411 e. The van der Waals surface area contributed by atoms with Crippen molar-refractivity contribution in [2.75, 3.05) is 33.0 Å². The van der Waals surface area contributed by atoms with Crippen molar-refractivity contribution in [3.05, 3.63) is 35.9 Å². The van der Waals surface area contributed by atoms with E-state index in [4.69, 9.17) is 15.2 Å². The summed E-state index contributed by atoms with van der Waals surface area (Å²) in [6.45, 7) is 8.72. The standard InChI is InChI=1S/C26H44N4O4/c1-4-6-15-28-25(31)24(27)22(5-2)13-12-20(3)29-17-23-18-33-19-30(23)26(32)34-16-14-21-10-8-7-9-11-21/h7-11,20,22-24,29H,4-6,12-19,27H2,1-3H3,(H,28,31)/t20-,22+,23-,24?/m1/s1. The number of rotatable bonds is 15. The molecule has 4 atom stereocenters. The fourth-order valence-corrected chi connectivity index (χ4v) is 4.10. The van der Waals surface area contributed by atoms with Gasteiger partial charge in [0.1, 0.15) is 6.73 Å². The molecule has 0 radical (unpaired) electrons. The monoisotopic (exact) mass is 476 g/mol. The van der Waals surface area contributed by atoms with Gasteiger partial charge in [-0.15, -0.1) is 0 Å². The molecule has 0 spiro atoms. The van der Waals surface area contributed by atoms with Crippen LogP contribution >= 0.6 is 0 Å². The first kappa shape index (κ1) is 28.1. The summed E-state index contributed by atoms with van der Waals surface area (Å²) < 4.78 is 11.0. The van der Waals surface area contributed by atoms with Gasteiger partial charge >= 0.3 is 6.09 Å². The SMILES string of the molecule is CCCCNC(=O)C(N)[C@@H](CC)CC[C@@H](C)NC[C@@H]1COCN1C(=O)OCCc1ccccc1. The molecule has 4 N–H and O–H groups in total. The zero-order valence-electron chi connectivity index (χ0n) is 21.1. The summed E-state index contributed by atoms with van der Waals surface area (Å²) in [7, 11) is 0. The second-order valence-corrected chi connectivity index (χ2v) is 9.20. The van der Waals surface area contributed by atoms with Crippen LogP contribution in [-0.2, 0) is 20.7 Å². The van der Waals surface area contributed by atoms with Crippen LogP contribution in [0.15, 0.2) is 30.3 Å². The zero-order chi connectivity index (χ0) is 24.8. The number of nitrogens with one attached hydrogen (secondary N) is 2. The van der Waals surface area contributed by atoms with Crippen LogP contribution in [0.25, 0.3) is 0 Å². The Kier molecular flexibility index (Phi) is 13.0. The summed E-state index contributed by atoms with van der Waals surface area (Å²) in [6, 6.07) is 9.68. The summed E-state index contributed by atoms with van der Waals surface area (Å²) >= 11 is 0. The first-order valence-corrected chi connectivity index (χ1v) is 12.8. The molecule has 192 valence electrons. The Morgan fingerprint density at radius 1 is 1.24 bits per heavy atom. The molecular formula is C26H44N4O4. The molecule has 0 bridgehead atoms. The van der Waals surface area contributed by atoms with Gasteiger partial charge in [0.15, 0.2) is 0 Å². The number of nitrogens with two attached hydrogens (primary N) is 1. The van der Waals surface area contributed by atoms with Crippen LogP contribution < -0.4 is 16.4 Å². The van der Waals surface area contributed by atoms with Gasteiger partial charge in [0, 0.05) is 25.6 Å². The summed E-state index contributed by atoms with van der Waals surface area (Å²) in [5.41, 5.74) is 7.38. The molecule has 0 saturated carbocycles. The van der Waals surface area contributed by atoms with E-state index in [0.29, 0.717) is 32.7 Å². The van der Waals surface area contributed by atoms with E-state index in [1.165, 1.54) is 0 Å². The quantitative estimate of drug-likeness (QED) is 0.336. The van der Waals surface area contributed by atoms with Crippen molar-refractivity contribution in [3.63, 3.8) is 0 Å². The molecule has 1 fully saturated rings. The highest BCUT2D eigenvalue weighted by Gasteiger charge is 2.31. The smallest absolute Gasteiger partial charge is 0.411 e. The maximum atomic E-state index is 12.5. The van der Waals surface area contributed by atoms with Crippen molar-refractivity contribution in [1.29, 1.82) is 0 Å². The van der Waals surface area contributed by atoms with Gasteiger partial charge in [0.2, 0.25) is 5.91 Å². The summed E-state index contributed by atoms with van der Waals surface area (Å²) in [4.78, 5) is 26.5. The highest BCUT2D eigenvalue weighted by molar-refractivity contribution is 5.81. The van der Waals surface area contributed by atoms with Crippen LogP contribution in [0.4, 0.5) is 4.79 Å². The van der Waals surface area contributed by atoms with Crippen molar-refractivity contribution in [2.24, 2.45) is 11.7 Å². The van der Waals surface area contributed by atoms with Crippen molar-refractivity contribution in [2.45, 2.75) is 77.4 Å². The molecule has 0 aliphatic carbocycles. The first-order chi connectivity index (χ1) is 16.5. The lowest BCUT2D eigenvalue weighted by atomic mass is 9.90. The minimum atomic E-state index is -0.474. The van der Waals surface area contributed by atoms with Gasteiger partial charge in [0.25, 0.3) is 0 Å². The third-order valence-electron chi connectivity index (χ3n) is 6.51. The molecule has 1 aliphatic heterocycles. The number of ether oxygens (including phenoxy) is 2. The van der Waals surface area contributed by atoms with Gasteiger partial charge in [-0.2, -0.15) is 0 Å². The Balaban J connectivity index is 1.69. The summed E-state index contributed by atoms with van der Waals surface area (Å²) in [5, 5.41) is 6.45. The average Bonchev–Trinajstić information content (AvgIpc) is 3.32. The van der Waals surface area contributed by atoms with Crippen LogP contribution in [0.2, 0.25) is 0 Å². The minimum absolute atomic E-state index is 0.0505. The van der Waals surface area contributed by atoms with Crippen molar-refractivity contribution >= 4 is 12.0 Å². The molecule has 2 amide bonds. The Bertz CT molecular complexity index is 718. The van der Waals surface area contributed by atoms with Gasteiger partial charge in [-0.3, -0.25) is 9.69 Å². The largest absolute Gasteiger partial charge is 0.449 e. The lowest BCUT2D eigenvalue weighted by molar-refractivity contribution is -0.123. The molecule has 8 nitrogen and oxygen atoms in total. The van der Waals surface area contributed by atoms with Crippen LogP contribution in [0.3, 0.4) is 0 Å². The summed E-state index contributed by atoms with van der Waals surface area (Å²) in [6.07, 6.45) is 5.03. The molecular weight excluding hydrogens is 432 g/mol. The van der Waals surface area contributed by atoms with Crippen LogP contribution in [-0.4, -0.2) is 68.1 Å². The number of carbonyl (C=O) groups excluding carboxylic acids is 2. The lowest BCUT2D eigenvalue weighted by Crippen LogP contribution is -2.47. The molecule has 1 aliphatic rings. The third kappa shape index (κ3) is 9.60. The molecule has 34 heavy (non-hydrogen) atoms. The zero-order valence-corrected chi connectivity index (χ0v) is 21.1. The van der Waals surface area contributed by atoms with Crippen molar-refractivity contribution < 1.29 is 19.1 Å². The minimum Gasteiger partial charge on any atom is -0.449 e. The van der Waals surface area contributed by atoms with Crippen LogP contribution in [0.5, 0.6) is 0 Å². The Hall–Kier alpha value is -2.16. The van der Waals surface area contributed by atoms with Gasteiger partial charge < -0.3 is 25.8 Å². The van der Waals surface area contributed by atoms with E-state index in [-0.39, 0.29) is 36.7 Å². The molecule has 1 saturated heterocycles. The third-order valence-corrected chi connectivity index (χ3v) is 6.51. The molecule has 8 heteroatoms. The lowest BCUT2D eigenvalue weighted by Gasteiger charge is -2.26. The number of unbranched alkanes of at least 4 members (excludes halogenated alkanes) is 1. The predicted molar refractivity (Wildman–Crippen MR) is 134 cm³/mol. The number of benzene rings is 1. The highest BCUT2D eigenvalue weighted by Crippen LogP contribution is 2.17. The van der Waals surface area contributed by atoms with E-state index < -0.39 is 6.04 Å². The Morgan fingerprint density at radius 3 is 2.71 bits per heavy atom. The Labute approximate surface area is 204 Å². The highest BCUT2D eigenvalue weighted by atomic mass is 16.6. The second-order valence-electron chi connectivity index (χ2n) is 9.20. The van der Waals surface area contributed by atoms with Crippen molar-refractivity contribution in [1.82, 2.24) is 15.5 Å². The normalized spacial score (nSPS) is 18.4. The van der Waals surface area contributed by atoms with E-state index in [9.17, 15) is 9.59 Å². The molecule has 1 aromatic carbocycles. The Morgan fingerprint density at radius 2 is 2.00 bits per heavy atom. The van der Waals surface area contributed by atoms with E-state index in [1.54, 1.807) is 4.90 Å². The molecule has 1 unspecified atom stereocenters.